The Morgan fingerprint density at radius 3 is 2.85 bits per heavy atom. The minimum Gasteiger partial charge on any atom is -0.394 e. The van der Waals surface area contributed by atoms with Crippen molar-refractivity contribution in [3.63, 3.8) is 0 Å². The molecule has 2 atom stereocenters. The van der Waals surface area contributed by atoms with Crippen LogP contribution in [-0.4, -0.2) is 41.7 Å². The van der Waals surface area contributed by atoms with E-state index in [2.05, 4.69) is 0 Å². The number of aliphatic hydroxyl groups excluding tert-OH is 1. The molecule has 0 unspecified atom stereocenters. The van der Waals surface area contributed by atoms with Gasteiger partial charge in [-0.3, -0.25) is 4.90 Å². The number of alkyl halides is 2. The molecule has 2 aliphatic rings. The first-order valence-corrected chi connectivity index (χ1v) is 4.82. The summed E-state index contributed by atoms with van der Waals surface area (Å²) < 4.78 is 24.9. The van der Waals surface area contributed by atoms with Crippen LogP contribution in [0.3, 0.4) is 0 Å². The molecule has 0 bridgehead atoms. The van der Waals surface area contributed by atoms with E-state index in [-0.39, 0.29) is 12.1 Å². The van der Waals surface area contributed by atoms with Crippen molar-refractivity contribution in [2.75, 3.05) is 19.7 Å². The second-order valence-corrected chi connectivity index (χ2v) is 4.23. The van der Waals surface area contributed by atoms with Crippen molar-refractivity contribution < 1.29 is 13.9 Å². The molecule has 0 aliphatic carbocycles. The summed E-state index contributed by atoms with van der Waals surface area (Å²) in [6.07, 6.45) is 0.166. The molecule has 76 valence electrons. The third kappa shape index (κ3) is 1.36. The van der Waals surface area contributed by atoms with Crippen LogP contribution in [-0.2, 0) is 0 Å². The van der Waals surface area contributed by atoms with Gasteiger partial charge in [0, 0.05) is 18.0 Å². The summed E-state index contributed by atoms with van der Waals surface area (Å²) in [5.41, 5.74) is -0.291. The van der Waals surface area contributed by atoms with Gasteiger partial charge in [0.05, 0.1) is 6.61 Å². The van der Waals surface area contributed by atoms with E-state index >= 15 is 0 Å². The fourth-order valence-corrected chi connectivity index (χ4v) is 2.76. The van der Waals surface area contributed by atoms with E-state index in [0.29, 0.717) is 13.0 Å². The van der Waals surface area contributed by atoms with Crippen LogP contribution in [0.5, 0.6) is 0 Å². The summed E-state index contributed by atoms with van der Waals surface area (Å²) in [5, 5.41) is 9.24. The Balaban J connectivity index is 2.09. The topological polar surface area (TPSA) is 23.5 Å². The summed E-state index contributed by atoms with van der Waals surface area (Å²) in [6, 6.07) is 0. The zero-order chi connectivity index (χ0) is 9.47. The van der Waals surface area contributed by atoms with Gasteiger partial charge >= 0.3 is 0 Å². The van der Waals surface area contributed by atoms with Crippen molar-refractivity contribution >= 4 is 0 Å². The fourth-order valence-electron chi connectivity index (χ4n) is 2.76. The molecule has 2 heterocycles. The Kier molecular flexibility index (Phi) is 2.28. The van der Waals surface area contributed by atoms with Gasteiger partial charge in [-0.05, 0) is 25.8 Å². The average molecular weight is 191 g/mol. The SMILES string of the molecule is OC[C@@]12CCCN1C[C@@H](C(F)F)C2. The molecule has 2 saturated heterocycles. The Bertz CT molecular complexity index is 200. The van der Waals surface area contributed by atoms with Crippen molar-refractivity contribution in [1.29, 1.82) is 0 Å². The van der Waals surface area contributed by atoms with Gasteiger partial charge in [0.15, 0.2) is 0 Å². The second kappa shape index (κ2) is 3.17. The molecule has 0 radical (unpaired) electrons. The van der Waals surface area contributed by atoms with Crippen LogP contribution in [0, 0.1) is 5.92 Å². The molecule has 0 aromatic rings. The van der Waals surface area contributed by atoms with E-state index in [1.54, 1.807) is 0 Å². The van der Waals surface area contributed by atoms with E-state index in [0.717, 1.165) is 19.4 Å². The van der Waals surface area contributed by atoms with Crippen LogP contribution in [0.25, 0.3) is 0 Å². The van der Waals surface area contributed by atoms with Crippen molar-refractivity contribution in [1.82, 2.24) is 4.90 Å². The molecule has 0 amide bonds. The molecular weight excluding hydrogens is 176 g/mol. The van der Waals surface area contributed by atoms with Gasteiger partial charge < -0.3 is 5.11 Å². The maximum atomic E-state index is 12.4. The van der Waals surface area contributed by atoms with Crippen molar-refractivity contribution in [2.24, 2.45) is 5.92 Å². The number of fused-ring (bicyclic) bond motifs is 1. The van der Waals surface area contributed by atoms with Gasteiger partial charge in [0.2, 0.25) is 6.43 Å². The Hall–Kier alpha value is -0.220. The highest BCUT2D eigenvalue weighted by atomic mass is 19.3. The molecule has 13 heavy (non-hydrogen) atoms. The lowest BCUT2D eigenvalue weighted by atomic mass is 9.91. The highest BCUT2D eigenvalue weighted by Crippen LogP contribution is 2.42. The van der Waals surface area contributed by atoms with Gasteiger partial charge in [-0.1, -0.05) is 0 Å². The minimum absolute atomic E-state index is 0.0379. The monoisotopic (exact) mass is 191 g/mol. The molecule has 0 spiro atoms. The predicted octanol–water partition coefficient (Wildman–Crippen LogP) is 1.10. The molecule has 2 aliphatic heterocycles. The third-order valence-electron chi connectivity index (χ3n) is 3.49. The van der Waals surface area contributed by atoms with Crippen LogP contribution in [0.15, 0.2) is 0 Å². The lowest BCUT2D eigenvalue weighted by Crippen LogP contribution is -2.41. The zero-order valence-electron chi connectivity index (χ0n) is 7.55. The Morgan fingerprint density at radius 1 is 1.54 bits per heavy atom. The molecule has 1 N–H and O–H groups in total. The Morgan fingerprint density at radius 2 is 2.31 bits per heavy atom. The third-order valence-corrected chi connectivity index (χ3v) is 3.49. The smallest absolute Gasteiger partial charge is 0.242 e. The van der Waals surface area contributed by atoms with E-state index in [1.165, 1.54) is 0 Å². The fraction of sp³-hybridized carbons (Fsp3) is 1.00. The standard InChI is InChI=1S/C9H15F2NO/c10-8(11)7-4-9(6-13)2-1-3-12(9)5-7/h7-8,13H,1-6H2/t7-,9-/m0/s1. The van der Waals surface area contributed by atoms with Gasteiger partial charge in [-0.25, -0.2) is 8.78 Å². The van der Waals surface area contributed by atoms with Crippen LogP contribution in [0.2, 0.25) is 0 Å². The number of aliphatic hydroxyl groups is 1. The number of rotatable bonds is 2. The molecular formula is C9H15F2NO. The Labute approximate surface area is 76.5 Å². The van der Waals surface area contributed by atoms with E-state index < -0.39 is 12.3 Å². The molecule has 0 saturated carbocycles. The first-order valence-electron chi connectivity index (χ1n) is 4.82. The maximum Gasteiger partial charge on any atom is 0.242 e. The van der Waals surface area contributed by atoms with Gasteiger partial charge in [-0.15, -0.1) is 0 Å². The van der Waals surface area contributed by atoms with E-state index in [9.17, 15) is 13.9 Å². The van der Waals surface area contributed by atoms with E-state index in [1.807, 2.05) is 4.90 Å². The summed E-state index contributed by atoms with van der Waals surface area (Å²) in [7, 11) is 0. The first-order chi connectivity index (χ1) is 6.18. The van der Waals surface area contributed by atoms with Crippen molar-refractivity contribution in [3.8, 4) is 0 Å². The van der Waals surface area contributed by atoms with Crippen LogP contribution in [0.1, 0.15) is 19.3 Å². The number of hydrogen-bond donors (Lipinski definition) is 1. The summed E-state index contributed by atoms with van der Waals surface area (Å²) in [6.45, 7) is 1.39. The molecule has 4 heteroatoms. The summed E-state index contributed by atoms with van der Waals surface area (Å²) in [5.74, 6) is -0.521. The lowest BCUT2D eigenvalue weighted by molar-refractivity contribution is 0.0776. The lowest BCUT2D eigenvalue weighted by Gasteiger charge is -2.29. The zero-order valence-corrected chi connectivity index (χ0v) is 7.55. The van der Waals surface area contributed by atoms with Crippen LogP contribution >= 0.6 is 0 Å². The molecule has 0 aromatic carbocycles. The number of halogens is 2. The molecule has 0 aromatic heterocycles. The van der Waals surface area contributed by atoms with Gasteiger partial charge in [-0.2, -0.15) is 0 Å². The van der Waals surface area contributed by atoms with Gasteiger partial charge in [0.25, 0.3) is 0 Å². The predicted molar refractivity (Wildman–Crippen MR) is 44.7 cm³/mol. The quantitative estimate of drug-likeness (QED) is 0.706. The number of hydrogen-bond acceptors (Lipinski definition) is 2. The van der Waals surface area contributed by atoms with Crippen molar-refractivity contribution in [3.05, 3.63) is 0 Å². The first kappa shape index (κ1) is 9.34. The highest BCUT2D eigenvalue weighted by molar-refractivity contribution is 5.03. The average Bonchev–Trinajstić information content (AvgIpc) is 2.58. The molecule has 2 nitrogen and oxygen atoms in total. The molecule has 2 rings (SSSR count). The minimum atomic E-state index is -2.23. The van der Waals surface area contributed by atoms with E-state index in [4.69, 9.17) is 0 Å². The van der Waals surface area contributed by atoms with Crippen LogP contribution < -0.4 is 0 Å². The van der Waals surface area contributed by atoms with Gasteiger partial charge in [0.1, 0.15) is 0 Å². The normalized spacial score (nSPS) is 40.2. The number of nitrogens with zero attached hydrogens (tertiary/aromatic N) is 1. The van der Waals surface area contributed by atoms with Crippen LogP contribution in [0.4, 0.5) is 8.78 Å². The summed E-state index contributed by atoms with van der Waals surface area (Å²) >= 11 is 0. The largest absolute Gasteiger partial charge is 0.394 e. The second-order valence-electron chi connectivity index (χ2n) is 4.23. The molecule has 2 fully saturated rings. The summed E-state index contributed by atoms with van der Waals surface area (Å²) in [4.78, 5) is 2.05. The van der Waals surface area contributed by atoms with Crippen molar-refractivity contribution in [2.45, 2.75) is 31.2 Å². The highest BCUT2D eigenvalue weighted by Gasteiger charge is 2.50. The maximum absolute atomic E-state index is 12.4.